The molecule has 3 heterocycles. The summed E-state index contributed by atoms with van der Waals surface area (Å²) in [6.07, 6.45) is -4.49. The van der Waals surface area contributed by atoms with Crippen molar-refractivity contribution in [3.8, 4) is 11.5 Å². The number of aromatic nitrogens is 4. The standard InChI is InChI=1S/C20H19F3N6O6/c21-20(22,23)8-4-9(13(31)10(30)5-8)18(34)25-3-1-2-11-14(32)15(33)19(35-11)29-7-28-12-16(24)26-6-27-17(12)29/h1-2,4-7,11,14-15,19,30-33H,3H2,(H,25,34)(H2,24,26,27)/b2-1+/t11-,14+,15?,19-/m1/s1. The zero-order chi connectivity index (χ0) is 25.5. The number of nitrogens with zero attached hydrogens (tertiary/aromatic N) is 4. The number of carbonyl (C=O) groups excluding carboxylic acids is 1. The lowest BCUT2D eigenvalue weighted by atomic mass is 10.1. The Labute approximate surface area is 194 Å². The molecule has 12 nitrogen and oxygen atoms in total. The summed E-state index contributed by atoms with van der Waals surface area (Å²) in [5, 5.41) is 42.3. The molecule has 7 N–H and O–H groups in total. The number of nitrogens with two attached hydrogens (primary N) is 1. The number of phenols is 2. The third-order valence-electron chi connectivity index (χ3n) is 5.30. The molecular formula is C20H19F3N6O6. The van der Waals surface area contributed by atoms with Crippen molar-refractivity contribution in [3.63, 3.8) is 0 Å². The number of nitrogen functional groups attached to an aromatic ring is 1. The number of carbonyl (C=O) groups is 1. The highest BCUT2D eigenvalue weighted by molar-refractivity contribution is 5.98. The van der Waals surface area contributed by atoms with Gasteiger partial charge in [-0.3, -0.25) is 9.36 Å². The van der Waals surface area contributed by atoms with Gasteiger partial charge in [-0.1, -0.05) is 12.2 Å². The summed E-state index contributed by atoms with van der Waals surface area (Å²) in [4.78, 5) is 24.2. The van der Waals surface area contributed by atoms with Crippen LogP contribution in [0.3, 0.4) is 0 Å². The molecule has 35 heavy (non-hydrogen) atoms. The van der Waals surface area contributed by atoms with Gasteiger partial charge in [0.2, 0.25) is 0 Å². The van der Waals surface area contributed by atoms with Crippen LogP contribution < -0.4 is 11.1 Å². The molecule has 4 rings (SSSR count). The fraction of sp³-hybridized carbons (Fsp3) is 0.300. The van der Waals surface area contributed by atoms with E-state index < -0.39 is 59.2 Å². The SMILES string of the molecule is Nc1ncnc2c1ncn2[C@@H]1O[C@H](/C=C/CNC(=O)c2cc(C(F)(F)F)cc(O)c2O)[C@H](O)C1O. The van der Waals surface area contributed by atoms with Gasteiger partial charge in [0.25, 0.3) is 5.91 Å². The minimum absolute atomic E-state index is 0.120. The predicted octanol–water partition coefficient (Wildman–Crippen LogP) is 0.444. The monoisotopic (exact) mass is 496 g/mol. The van der Waals surface area contributed by atoms with Crippen LogP contribution in [-0.4, -0.2) is 70.7 Å². The van der Waals surface area contributed by atoms with Crippen LogP contribution in [0.4, 0.5) is 19.0 Å². The van der Waals surface area contributed by atoms with E-state index in [0.717, 1.165) is 0 Å². The number of fused-ring (bicyclic) bond motifs is 1. The number of alkyl halides is 3. The Bertz CT molecular complexity index is 1300. The van der Waals surface area contributed by atoms with Gasteiger partial charge < -0.3 is 36.2 Å². The Hall–Kier alpha value is -3.95. The smallest absolute Gasteiger partial charge is 0.416 e. The minimum Gasteiger partial charge on any atom is -0.504 e. The number of aliphatic hydroxyl groups is 2. The van der Waals surface area contributed by atoms with Gasteiger partial charge in [-0.15, -0.1) is 0 Å². The number of phenolic OH excluding ortho intramolecular Hbond substituents is 2. The lowest BCUT2D eigenvalue weighted by Crippen LogP contribution is -2.31. The molecule has 0 radical (unpaired) electrons. The zero-order valence-corrected chi connectivity index (χ0v) is 17.6. The summed E-state index contributed by atoms with van der Waals surface area (Å²) < 4.78 is 45.8. The van der Waals surface area contributed by atoms with Gasteiger partial charge in [0.1, 0.15) is 30.2 Å². The predicted molar refractivity (Wildman–Crippen MR) is 112 cm³/mol. The number of aliphatic hydroxyl groups excluding tert-OH is 2. The number of rotatable bonds is 5. The van der Waals surface area contributed by atoms with E-state index in [1.165, 1.54) is 29.4 Å². The van der Waals surface area contributed by atoms with E-state index in [0.29, 0.717) is 12.1 Å². The van der Waals surface area contributed by atoms with Gasteiger partial charge in [-0.25, -0.2) is 15.0 Å². The van der Waals surface area contributed by atoms with Crippen LogP contribution in [0.25, 0.3) is 11.2 Å². The summed E-state index contributed by atoms with van der Waals surface area (Å²) in [5.74, 6) is -3.06. The summed E-state index contributed by atoms with van der Waals surface area (Å²) in [6.45, 7) is -0.236. The molecular weight excluding hydrogens is 477 g/mol. The maximum atomic E-state index is 12.9. The number of benzene rings is 1. The van der Waals surface area contributed by atoms with Crippen LogP contribution in [0.2, 0.25) is 0 Å². The average molecular weight is 496 g/mol. The van der Waals surface area contributed by atoms with Crippen LogP contribution >= 0.6 is 0 Å². The molecule has 1 aromatic carbocycles. The van der Waals surface area contributed by atoms with E-state index in [9.17, 15) is 38.4 Å². The number of ether oxygens (including phenoxy) is 1. The van der Waals surface area contributed by atoms with Crippen molar-refractivity contribution in [2.24, 2.45) is 0 Å². The first-order chi connectivity index (χ1) is 16.5. The molecule has 1 fully saturated rings. The Morgan fingerprint density at radius 3 is 2.66 bits per heavy atom. The Morgan fingerprint density at radius 2 is 1.94 bits per heavy atom. The molecule has 1 aliphatic rings. The van der Waals surface area contributed by atoms with Crippen molar-refractivity contribution in [1.82, 2.24) is 24.8 Å². The molecule has 1 amide bonds. The van der Waals surface area contributed by atoms with Crippen molar-refractivity contribution < 1.29 is 43.1 Å². The van der Waals surface area contributed by atoms with Crippen LogP contribution in [0.5, 0.6) is 11.5 Å². The van der Waals surface area contributed by atoms with Crippen molar-refractivity contribution in [1.29, 1.82) is 0 Å². The van der Waals surface area contributed by atoms with Crippen molar-refractivity contribution in [3.05, 3.63) is 48.1 Å². The van der Waals surface area contributed by atoms with Gasteiger partial charge in [0, 0.05) is 6.54 Å². The summed E-state index contributed by atoms with van der Waals surface area (Å²) in [5.41, 5.74) is 4.21. The van der Waals surface area contributed by atoms with Gasteiger partial charge >= 0.3 is 6.18 Å². The van der Waals surface area contributed by atoms with E-state index >= 15 is 0 Å². The molecule has 0 aliphatic carbocycles. The van der Waals surface area contributed by atoms with E-state index in [1.54, 1.807) is 0 Å². The maximum absolute atomic E-state index is 12.9. The molecule has 15 heteroatoms. The number of aromatic hydroxyl groups is 2. The number of hydrogen-bond donors (Lipinski definition) is 6. The lowest BCUT2D eigenvalue weighted by Gasteiger charge is -2.16. The Balaban J connectivity index is 1.43. The maximum Gasteiger partial charge on any atom is 0.416 e. The largest absolute Gasteiger partial charge is 0.504 e. The number of anilines is 1. The molecule has 0 saturated carbocycles. The molecule has 1 saturated heterocycles. The highest BCUT2D eigenvalue weighted by Gasteiger charge is 2.43. The van der Waals surface area contributed by atoms with Crippen molar-refractivity contribution in [2.75, 3.05) is 12.3 Å². The van der Waals surface area contributed by atoms with Crippen LogP contribution in [0.1, 0.15) is 22.1 Å². The second kappa shape index (κ2) is 9.01. The van der Waals surface area contributed by atoms with Crippen molar-refractivity contribution in [2.45, 2.75) is 30.7 Å². The average Bonchev–Trinajstić information content (AvgIpc) is 3.34. The molecule has 186 valence electrons. The fourth-order valence-corrected chi connectivity index (χ4v) is 3.54. The topological polar surface area (TPSA) is 189 Å². The van der Waals surface area contributed by atoms with Gasteiger partial charge in [-0.2, -0.15) is 13.2 Å². The first-order valence-corrected chi connectivity index (χ1v) is 10.0. The first kappa shape index (κ1) is 24.2. The Kier molecular flexibility index (Phi) is 6.23. The third kappa shape index (κ3) is 4.55. The summed E-state index contributed by atoms with van der Waals surface area (Å²) >= 11 is 0. The summed E-state index contributed by atoms with van der Waals surface area (Å²) in [6, 6.07) is 0.709. The number of amides is 1. The van der Waals surface area contributed by atoms with Crippen LogP contribution in [0, 0.1) is 0 Å². The molecule has 1 aliphatic heterocycles. The second-order valence-corrected chi connectivity index (χ2v) is 7.58. The molecule has 2 aromatic heterocycles. The highest BCUT2D eigenvalue weighted by atomic mass is 19.4. The van der Waals surface area contributed by atoms with E-state index in [2.05, 4.69) is 20.3 Å². The van der Waals surface area contributed by atoms with E-state index in [1.807, 2.05) is 0 Å². The van der Waals surface area contributed by atoms with Crippen LogP contribution in [-0.2, 0) is 10.9 Å². The normalized spacial score (nSPS) is 22.8. The second-order valence-electron chi connectivity index (χ2n) is 7.58. The third-order valence-corrected chi connectivity index (χ3v) is 5.30. The number of halogens is 3. The Morgan fingerprint density at radius 1 is 1.20 bits per heavy atom. The fourth-order valence-electron chi connectivity index (χ4n) is 3.54. The molecule has 0 bridgehead atoms. The zero-order valence-electron chi connectivity index (χ0n) is 17.6. The van der Waals surface area contributed by atoms with E-state index in [-0.39, 0.29) is 23.5 Å². The first-order valence-electron chi connectivity index (χ1n) is 10.0. The minimum atomic E-state index is -4.84. The number of imidazole rings is 1. The number of hydrogen-bond acceptors (Lipinski definition) is 10. The van der Waals surface area contributed by atoms with Gasteiger partial charge in [0.15, 0.2) is 29.2 Å². The quantitative estimate of drug-likeness (QED) is 0.214. The molecule has 0 spiro atoms. The van der Waals surface area contributed by atoms with Gasteiger partial charge in [0.05, 0.1) is 17.5 Å². The summed E-state index contributed by atoms with van der Waals surface area (Å²) in [7, 11) is 0. The van der Waals surface area contributed by atoms with Crippen LogP contribution in [0.15, 0.2) is 36.9 Å². The molecule has 1 unspecified atom stereocenters. The lowest BCUT2D eigenvalue weighted by molar-refractivity contribution is -0.137. The molecule has 3 aromatic rings. The molecule has 4 atom stereocenters. The van der Waals surface area contributed by atoms with Crippen molar-refractivity contribution >= 4 is 22.9 Å². The van der Waals surface area contributed by atoms with E-state index in [4.69, 9.17) is 10.5 Å². The highest BCUT2D eigenvalue weighted by Crippen LogP contribution is 2.38. The number of nitrogens with one attached hydrogen (secondary N) is 1. The van der Waals surface area contributed by atoms with Gasteiger partial charge in [-0.05, 0) is 12.1 Å².